The predicted octanol–water partition coefficient (Wildman–Crippen LogP) is 3.08. The molecule has 132 valence electrons. The molecule has 0 amide bonds. The first-order valence-corrected chi connectivity index (χ1v) is 8.30. The minimum absolute atomic E-state index is 0.178. The number of ether oxygens (including phenoxy) is 1. The number of hydrogen-bond donors (Lipinski definition) is 1. The quantitative estimate of drug-likeness (QED) is 0.568. The van der Waals surface area contributed by atoms with Crippen LogP contribution in [0.4, 0.5) is 6.01 Å². The molecule has 0 aliphatic rings. The zero-order chi connectivity index (χ0) is 18.3. The second-order valence-electron chi connectivity index (χ2n) is 6.18. The van der Waals surface area contributed by atoms with Gasteiger partial charge in [-0.1, -0.05) is 6.07 Å². The second-order valence-corrected chi connectivity index (χ2v) is 6.18. The molecule has 0 unspecified atom stereocenters. The van der Waals surface area contributed by atoms with E-state index in [1.54, 1.807) is 12.1 Å². The Kier molecular flexibility index (Phi) is 3.84. The molecule has 0 aliphatic heterocycles. The van der Waals surface area contributed by atoms with Crippen LogP contribution in [0.3, 0.4) is 0 Å². The lowest BCUT2D eigenvalue weighted by atomic mass is 10.1. The number of nitrogen functional groups attached to an aromatic ring is 1. The van der Waals surface area contributed by atoms with Gasteiger partial charge in [0.05, 0.1) is 5.69 Å². The van der Waals surface area contributed by atoms with Gasteiger partial charge in [-0.3, -0.25) is 4.79 Å². The van der Waals surface area contributed by atoms with Crippen molar-refractivity contribution in [1.82, 2.24) is 14.4 Å². The van der Waals surface area contributed by atoms with Gasteiger partial charge in [-0.15, -0.1) is 0 Å². The molecule has 0 atom stereocenters. The Balaban J connectivity index is 1.57. The Morgan fingerprint density at radius 1 is 1.23 bits per heavy atom. The van der Waals surface area contributed by atoms with Crippen molar-refractivity contribution in [2.75, 3.05) is 5.73 Å². The number of pyridine rings is 1. The molecule has 0 saturated carbocycles. The van der Waals surface area contributed by atoms with Gasteiger partial charge in [0.2, 0.25) is 0 Å². The van der Waals surface area contributed by atoms with E-state index in [0.717, 1.165) is 41.0 Å². The number of aromatic nitrogens is 3. The average molecular weight is 350 g/mol. The van der Waals surface area contributed by atoms with Gasteiger partial charge < -0.3 is 19.3 Å². The number of hydrogen-bond acceptors (Lipinski definition) is 6. The van der Waals surface area contributed by atoms with Crippen molar-refractivity contribution in [3.8, 4) is 5.75 Å². The number of nitrogens with two attached hydrogens (primary N) is 1. The number of imidazole rings is 1. The number of benzene rings is 1. The van der Waals surface area contributed by atoms with Gasteiger partial charge >= 0.3 is 5.97 Å². The molecule has 4 aromatic rings. The zero-order valence-corrected chi connectivity index (χ0v) is 14.5. The Bertz CT molecular complexity index is 1130. The fourth-order valence-corrected chi connectivity index (χ4v) is 3.07. The fraction of sp³-hybridized carbons (Fsp3) is 0.211. The summed E-state index contributed by atoms with van der Waals surface area (Å²) in [4.78, 5) is 19.9. The molecule has 3 heterocycles. The van der Waals surface area contributed by atoms with Crippen LogP contribution >= 0.6 is 0 Å². The molecule has 26 heavy (non-hydrogen) atoms. The minimum Gasteiger partial charge on any atom is -0.427 e. The fourth-order valence-electron chi connectivity index (χ4n) is 3.07. The van der Waals surface area contributed by atoms with Gasteiger partial charge in [-0.05, 0) is 43.5 Å². The maximum Gasteiger partial charge on any atom is 0.308 e. The molecule has 4 rings (SSSR count). The summed E-state index contributed by atoms with van der Waals surface area (Å²) < 4.78 is 12.5. The molecular formula is C19H18N4O3. The van der Waals surface area contributed by atoms with Crippen LogP contribution < -0.4 is 10.5 Å². The molecule has 2 N–H and O–H groups in total. The van der Waals surface area contributed by atoms with E-state index in [9.17, 15) is 4.79 Å². The molecular weight excluding hydrogens is 332 g/mol. The van der Waals surface area contributed by atoms with Crippen LogP contribution in [0.5, 0.6) is 5.75 Å². The van der Waals surface area contributed by atoms with Gasteiger partial charge in [-0.25, -0.2) is 4.98 Å². The second kappa shape index (κ2) is 6.18. The summed E-state index contributed by atoms with van der Waals surface area (Å²) in [6.07, 6.45) is 3.46. The lowest BCUT2D eigenvalue weighted by molar-refractivity contribution is -0.131. The number of oxazole rings is 1. The van der Waals surface area contributed by atoms with Crippen LogP contribution in [0.2, 0.25) is 0 Å². The molecule has 1 aromatic carbocycles. The smallest absolute Gasteiger partial charge is 0.308 e. The van der Waals surface area contributed by atoms with Crippen molar-refractivity contribution >= 4 is 28.7 Å². The highest BCUT2D eigenvalue weighted by atomic mass is 16.5. The van der Waals surface area contributed by atoms with Gasteiger partial charge in [0, 0.05) is 24.9 Å². The first-order valence-electron chi connectivity index (χ1n) is 8.30. The van der Waals surface area contributed by atoms with Crippen molar-refractivity contribution in [2.24, 2.45) is 0 Å². The Hall–Kier alpha value is -3.35. The molecule has 0 bridgehead atoms. The highest BCUT2D eigenvalue weighted by Gasteiger charge is 2.11. The number of nitrogens with zero attached hydrogens (tertiary/aromatic N) is 3. The molecule has 0 radical (unpaired) electrons. The maximum absolute atomic E-state index is 11.1. The lowest BCUT2D eigenvalue weighted by Crippen LogP contribution is -2.01. The summed E-state index contributed by atoms with van der Waals surface area (Å²) >= 11 is 0. The number of aryl methyl sites for hydroxylation is 3. The van der Waals surface area contributed by atoms with E-state index in [0.29, 0.717) is 11.3 Å². The highest BCUT2D eigenvalue weighted by molar-refractivity contribution is 5.75. The van der Waals surface area contributed by atoms with Crippen molar-refractivity contribution in [2.45, 2.75) is 26.7 Å². The normalized spacial score (nSPS) is 11.3. The van der Waals surface area contributed by atoms with Crippen molar-refractivity contribution in [3.05, 3.63) is 53.5 Å². The number of carbonyl (C=O) groups excluding carboxylic acids is 1. The lowest BCUT2D eigenvalue weighted by Gasteiger charge is -2.02. The van der Waals surface area contributed by atoms with Crippen LogP contribution in [-0.4, -0.2) is 20.3 Å². The first kappa shape index (κ1) is 16.1. The topological polar surface area (TPSA) is 95.7 Å². The van der Waals surface area contributed by atoms with E-state index in [4.69, 9.17) is 14.9 Å². The monoisotopic (exact) mass is 350 g/mol. The Morgan fingerprint density at radius 2 is 2.08 bits per heavy atom. The van der Waals surface area contributed by atoms with Crippen molar-refractivity contribution < 1.29 is 13.9 Å². The molecule has 7 nitrogen and oxygen atoms in total. The van der Waals surface area contributed by atoms with Gasteiger partial charge in [0.1, 0.15) is 16.9 Å². The number of anilines is 1. The predicted molar refractivity (Wildman–Crippen MR) is 97.1 cm³/mol. The molecule has 7 heteroatoms. The Morgan fingerprint density at radius 3 is 2.88 bits per heavy atom. The minimum atomic E-state index is -0.346. The molecule has 3 aromatic heterocycles. The average Bonchev–Trinajstić information content (AvgIpc) is 3.11. The van der Waals surface area contributed by atoms with Gasteiger partial charge in [-0.2, -0.15) is 4.98 Å². The first-order chi connectivity index (χ1) is 12.5. The van der Waals surface area contributed by atoms with Crippen LogP contribution in [-0.2, 0) is 17.6 Å². The van der Waals surface area contributed by atoms with Crippen LogP contribution in [0.15, 0.2) is 40.9 Å². The molecule has 0 aliphatic carbocycles. The van der Waals surface area contributed by atoms with Crippen LogP contribution in [0.1, 0.15) is 23.9 Å². The number of carbonyl (C=O) groups is 1. The SMILES string of the molecule is CC(=O)Oc1ccn2c(C)c(CCc3ccc4nc(N)oc4c3)nc2c1. The van der Waals surface area contributed by atoms with E-state index >= 15 is 0 Å². The van der Waals surface area contributed by atoms with Gasteiger partial charge in [0.25, 0.3) is 6.01 Å². The molecule has 0 spiro atoms. The van der Waals surface area contributed by atoms with E-state index < -0.39 is 0 Å². The number of fused-ring (bicyclic) bond motifs is 2. The number of esters is 1. The standard InChI is InChI=1S/C19H18N4O3/c1-11-15(21-18-10-14(25-12(2)24)7-8-23(11)18)5-3-13-4-6-16-17(9-13)26-19(20)22-16/h4,6-10H,3,5H2,1-2H3,(H2,20,22). The van der Waals surface area contributed by atoms with E-state index in [1.807, 2.05) is 35.7 Å². The summed E-state index contributed by atoms with van der Waals surface area (Å²) in [7, 11) is 0. The highest BCUT2D eigenvalue weighted by Crippen LogP contribution is 2.21. The number of rotatable bonds is 4. The molecule has 0 fully saturated rings. The zero-order valence-electron chi connectivity index (χ0n) is 14.5. The van der Waals surface area contributed by atoms with E-state index in [2.05, 4.69) is 9.97 Å². The summed E-state index contributed by atoms with van der Waals surface area (Å²) in [5, 5.41) is 0. The van der Waals surface area contributed by atoms with Crippen LogP contribution in [0.25, 0.3) is 16.7 Å². The summed E-state index contributed by atoms with van der Waals surface area (Å²) in [5.41, 5.74) is 11.0. The third kappa shape index (κ3) is 2.99. The third-order valence-electron chi connectivity index (χ3n) is 4.32. The summed E-state index contributed by atoms with van der Waals surface area (Å²) in [6, 6.07) is 9.59. The molecule has 0 saturated heterocycles. The van der Waals surface area contributed by atoms with Crippen molar-refractivity contribution in [1.29, 1.82) is 0 Å². The van der Waals surface area contributed by atoms with E-state index in [1.165, 1.54) is 6.92 Å². The van der Waals surface area contributed by atoms with Crippen LogP contribution in [0, 0.1) is 6.92 Å². The summed E-state index contributed by atoms with van der Waals surface area (Å²) in [6.45, 7) is 3.41. The Labute approximate surface area is 149 Å². The maximum atomic E-state index is 11.1. The van der Waals surface area contributed by atoms with E-state index in [-0.39, 0.29) is 12.0 Å². The summed E-state index contributed by atoms with van der Waals surface area (Å²) in [5.74, 6) is 0.149. The largest absolute Gasteiger partial charge is 0.427 e. The third-order valence-corrected chi connectivity index (χ3v) is 4.32. The van der Waals surface area contributed by atoms with Gasteiger partial charge in [0.15, 0.2) is 5.58 Å². The van der Waals surface area contributed by atoms with Crippen molar-refractivity contribution in [3.63, 3.8) is 0 Å².